The van der Waals surface area contributed by atoms with Crippen LogP contribution in [0.3, 0.4) is 0 Å². The Morgan fingerprint density at radius 2 is 1.68 bits per heavy atom. The number of carbonyl (C=O) groups excluding carboxylic acids is 3. The molecule has 3 aromatic carbocycles. The van der Waals surface area contributed by atoms with E-state index in [9.17, 15) is 24.5 Å². The zero-order valence-electron chi connectivity index (χ0n) is 20.6. The van der Waals surface area contributed by atoms with Crippen LogP contribution in [0, 0.1) is 27.5 Å². The summed E-state index contributed by atoms with van der Waals surface area (Å²) in [6, 6.07) is 13.4. The molecule has 0 atom stereocenters. The molecule has 4 rings (SSSR count). The van der Waals surface area contributed by atoms with Gasteiger partial charge in [0.05, 0.1) is 21.3 Å². The molecule has 1 aliphatic heterocycles. The maximum absolute atomic E-state index is 13.2. The second-order valence-corrected chi connectivity index (χ2v) is 9.71. The number of methoxy groups -OCH3 is 1. The Kier molecular flexibility index (Phi) is 7.76. The highest BCUT2D eigenvalue weighted by atomic mass is 127. The number of halogens is 1. The number of aryl methyl sites for hydroxylation is 2. The predicted octanol–water partition coefficient (Wildman–Crippen LogP) is 5.07. The summed E-state index contributed by atoms with van der Waals surface area (Å²) in [6.45, 7) is 4.35. The Labute approximate surface area is 231 Å². The van der Waals surface area contributed by atoms with Crippen molar-refractivity contribution in [1.82, 2.24) is 5.32 Å². The van der Waals surface area contributed by atoms with Gasteiger partial charge in [0, 0.05) is 12.1 Å². The van der Waals surface area contributed by atoms with E-state index in [0.717, 1.165) is 21.6 Å². The molecule has 0 aliphatic carbocycles. The van der Waals surface area contributed by atoms with Gasteiger partial charge in [0.1, 0.15) is 12.2 Å². The number of benzene rings is 3. The topological polar surface area (TPSA) is 128 Å². The van der Waals surface area contributed by atoms with Crippen LogP contribution >= 0.6 is 22.6 Å². The van der Waals surface area contributed by atoms with Crippen molar-refractivity contribution in [2.75, 3.05) is 12.0 Å². The highest BCUT2D eigenvalue weighted by Crippen LogP contribution is 2.36. The van der Waals surface area contributed by atoms with Crippen LogP contribution in [0.2, 0.25) is 0 Å². The molecular formula is C27H22IN3O7. The van der Waals surface area contributed by atoms with E-state index in [-0.39, 0.29) is 16.9 Å². The van der Waals surface area contributed by atoms with Crippen molar-refractivity contribution < 1.29 is 28.8 Å². The summed E-state index contributed by atoms with van der Waals surface area (Å²) in [5.41, 5.74) is 3.33. The van der Waals surface area contributed by atoms with Gasteiger partial charge in [0.25, 0.3) is 17.5 Å². The second kappa shape index (κ2) is 11.0. The fraction of sp³-hybridized carbons (Fsp3) is 0.148. The van der Waals surface area contributed by atoms with Crippen LogP contribution < -0.4 is 19.7 Å². The number of nitro groups is 1. The molecule has 1 heterocycles. The van der Waals surface area contributed by atoms with Gasteiger partial charge in [-0.3, -0.25) is 25.0 Å². The largest absolute Gasteiger partial charge is 0.493 e. The van der Waals surface area contributed by atoms with Crippen LogP contribution in [0.4, 0.5) is 16.2 Å². The fourth-order valence-corrected chi connectivity index (χ4v) is 4.83. The molecule has 0 radical (unpaired) electrons. The van der Waals surface area contributed by atoms with Gasteiger partial charge in [-0.1, -0.05) is 29.3 Å². The lowest BCUT2D eigenvalue weighted by Gasteiger charge is -2.26. The fourth-order valence-electron chi connectivity index (χ4n) is 4.05. The lowest BCUT2D eigenvalue weighted by molar-refractivity contribution is -0.384. The number of anilines is 1. The van der Waals surface area contributed by atoms with E-state index in [4.69, 9.17) is 9.47 Å². The summed E-state index contributed by atoms with van der Waals surface area (Å²) in [5, 5.41) is 13.1. The van der Waals surface area contributed by atoms with Crippen LogP contribution in [-0.2, 0) is 16.2 Å². The van der Waals surface area contributed by atoms with Crippen LogP contribution in [0.15, 0.2) is 60.2 Å². The van der Waals surface area contributed by atoms with Crippen molar-refractivity contribution in [2.24, 2.45) is 0 Å². The lowest BCUT2D eigenvalue weighted by Crippen LogP contribution is -2.54. The number of barbiturate groups is 1. The maximum atomic E-state index is 13.2. The first-order valence-electron chi connectivity index (χ1n) is 11.3. The van der Waals surface area contributed by atoms with Crippen LogP contribution in [0.25, 0.3) is 6.08 Å². The minimum atomic E-state index is -0.951. The van der Waals surface area contributed by atoms with E-state index in [0.29, 0.717) is 27.2 Å². The summed E-state index contributed by atoms with van der Waals surface area (Å²) in [6.07, 6.45) is 1.35. The molecule has 3 aromatic rings. The number of urea groups is 1. The van der Waals surface area contributed by atoms with Gasteiger partial charge in [-0.2, -0.15) is 0 Å². The molecule has 0 spiro atoms. The van der Waals surface area contributed by atoms with Crippen molar-refractivity contribution >= 4 is 57.9 Å². The monoisotopic (exact) mass is 627 g/mol. The number of imide groups is 2. The highest BCUT2D eigenvalue weighted by Gasteiger charge is 2.37. The number of hydrogen-bond donors (Lipinski definition) is 1. The van der Waals surface area contributed by atoms with Gasteiger partial charge in [0.2, 0.25) is 0 Å². The summed E-state index contributed by atoms with van der Waals surface area (Å²) >= 11 is 2.08. The van der Waals surface area contributed by atoms with Gasteiger partial charge in [0.15, 0.2) is 11.5 Å². The normalized spacial score (nSPS) is 14.5. The average Bonchev–Trinajstić information content (AvgIpc) is 2.85. The molecule has 194 valence electrons. The first-order chi connectivity index (χ1) is 18.1. The average molecular weight is 627 g/mol. The highest BCUT2D eigenvalue weighted by molar-refractivity contribution is 14.1. The van der Waals surface area contributed by atoms with Gasteiger partial charge in [-0.05, 0) is 77.9 Å². The number of nitro benzene ring substituents is 1. The molecule has 11 heteroatoms. The SMILES string of the molecule is COc1cc(/C=C2\C(=O)NC(=O)N(c3ccc([N+](=O)[O-])cc3)C2=O)cc(I)c1OCc1cc(C)cc(C)c1. The number of amides is 4. The van der Waals surface area contributed by atoms with Crippen molar-refractivity contribution in [3.05, 3.63) is 96.1 Å². The van der Waals surface area contributed by atoms with E-state index < -0.39 is 22.8 Å². The van der Waals surface area contributed by atoms with Gasteiger partial charge in [-0.15, -0.1) is 0 Å². The Hall–Kier alpha value is -4.26. The Balaban J connectivity index is 1.63. The molecule has 1 aliphatic rings. The number of nitrogens with zero attached hydrogens (tertiary/aromatic N) is 2. The van der Waals surface area contributed by atoms with Crippen molar-refractivity contribution in [3.8, 4) is 11.5 Å². The Bertz CT molecular complexity index is 1480. The number of hydrogen-bond acceptors (Lipinski definition) is 7. The third-order valence-corrected chi connectivity index (χ3v) is 6.45. The minimum absolute atomic E-state index is 0.0822. The number of carbonyl (C=O) groups is 3. The van der Waals surface area contributed by atoms with Crippen LogP contribution in [0.1, 0.15) is 22.3 Å². The van der Waals surface area contributed by atoms with E-state index in [1.54, 1.807) is 12.1 Å². The maximum Gasteiger partial charge on any atom is 0.335 e. The molecule has 0 aromatic heterocycles. The smallest absolute Gasteiger partial charge is 0.335 e. The number of ether oxygens (including phenoxy) is 2. The summed E-state index contributed by atoms with van der Waals surface area (Å²) in [5.74, 6) is -0.810. The lowest BCUT2D eigenvalue weighted by atomic mass is 10.1. The first-order valence-corrected chi connectivity index (χ1v) is 12.4. The minimum Gasteiger partial charge on any atom is -0.493 e. The van der Waals surface area contributed by atoms with Gasteiger partial charge < -0.3 is 9.47 Å². The predicted molar refractivity (Wildman–Crippen MR) is 148 cm³/mol. The van der Waals surface area contributed by atoms with Crippen molar-refractivity contribution in [1.29, 1.82) is 0 Å². The molecule has 0 bridgehead atoms. The van der Waals surface area contributed by atoms with Crippen molar-refractivity contribution in [3.63, 3.8) is 0 Å². The van der Waals surface area contributed by atoms with E-state index in [1.807, 2.05) is 26.0 Å². The molecule has 1 saturated heterocycles. The summed E-state index contributed by atoms with van der Waals surface area (Å²) < 4.78 is 12.3. The van der Waals surface area contributed by atoms with Gasteiger partial charge in [-0.25, -0.2) is 9.69 Å². The molecule has 1 N–H and O–H groups in total. The third-order valence-electron chi connectivity index (χ3n) is 5.65. The zero-order valence-corrected chi connectivity index (χ0v) is 22.8. The van der Waals surface area contributed by atoms with E-state index in [1.165, 1.54) is 37.5 Å². The quantitative estimate of drug-likeness (QED) is 0.127. The number of nitrogens with one attached hydrogen (secondary N) is 1. The number of non-ortho nitro benzene ring substituents is 1. The Morgan fingerprint density at radius 3 is 2.29 bits per heavy atom. The van der Waals surface area contributed by atoms with Crippen LogP contribution in [0.5, 0.6) is 11.5 Å². The van der Waals surface area contributed by atoms with E-state index >= 15 is 0 Å². The molecule has 4 amide bonds. The Morgan fingerprint density at radius 1 is 1.03 bits per heavy atom. The summed E-state index contributed by atoms with van der Waals surface area (Å²) in [4.78, 5) is 49.3. The molecule has 38 heavy (non-hydrogen) atoms. The molecule has 0 saturated carbocycles. The summed E-state index contributed by atoms with van der Waals surface area (Å²) in [7, 11) is 1.49. The molecule has 1 fully saturated rings. The number of rotatable bonds is 7. The standard InChI is InChI=1S/C27H22IN3O7/c1-15-8-16(2)10-18(9-15)14-38-24-22(28)12-17(13-23(24)37-3)11-21-25(32)29-27(34)30(26(21)33)19-4-6-20(7-5-19)31(35)36/h4-13H,14H2,1-3H3,(H,29,32,34)/b21-11+. The zero-order chi connectivity index (χ0) is 27.6. The second-order valence-electron chi connectivity index (χ2n) is 8.55. The van der Waals surface area contributed by atoms with E-state index in [2.05, 4.69) is 34.0 Å². The first kappa shape index (κ1) is 26.8. The van der Waals surface area contributed by atoms with Gasteiger partial charge >= 0.3 is 6.03 Å². The molecule has 0 unspecified atom stereocenters. The third kappa shape index (κ3) is 5.67. The van der Waals surface area contributed by atoms with Crippen LogP contribution in [-0.4, -0.2) is 29.9 Å². The van der Waals surface area contributed by atoms with Crippen molar-refractivity contribution in [2.45, 2.75) is 20.5 Å². The molecular weight excluding hydrogens is 605 g/mol. The molecule has 10 nitrogen and oxygen atoms in total.